The third kappa shape index (κ3) is 3.05. The van der Waals surface area contributed by atoms with E-state index in [-0.39, 0.29) is 16.7 Å². The van der Waals surface area contributed by atoms with Crippen molar-refractivity contribution in [1.29, 1.82) is 0 Å². The van der Waals surface area contributed by atoms with Gasteiger partial charge in [-0.15, -0.1) is 11.3 Å². The van der Waals surface area contributed by atoms with Gasteiger partial charge in [0.2, 0.25) is 5.43 Å². The Morgan fingerprint density at radius 2 is 1.85 bits per heavy atom. The minimum atomic E-state index is -0.977. The molecule has 0 unspecified atom stereocenters. The predicted molar refractivity (Wildman–Crippen MR) is 146 cm³/mol. The minimum absolute atomic E-state index is 0.0851. The molecule has 2 fully saturated rings. The lowest BCUT2D eigenvalue weighted by Gasteiger charge is -2.58. The molecule has 1 saturated heterocycles. The number of pyridine rings is 1. The number of halogens is 2. The molecule has 1 N–H and O–H groups in total. The van der Waals surface area contributed by atoms with Gasteiger partial charge in [-0.25, -0.2) is 13.8 Å². The van der Waals surface area contributed by atoms with Gasteiger partial charge in [0, 0.05) is 24.4 Å². The summed E-state index contributed by atoms with van der Waals surface area (Å²) in [6.07, 6.45) is 5.90. The molecule has 2 aliphatic carbocycles. The van der Waals surface area contributed by atoms with Crippen molar-refractivity contribution in [3.05, 3.63) is 92.9 Å². The molecule has 4 aromatic rings. The van der Waals surface area contributed by atoms with Gasteiger partial charge in [-0.2, -0.15) is 0 Å². The summed E-state index contributed by atoms with van der Waals surface area (Å²) in [5.74, 6) is -2.97. The summed E-state index contributed by atoms with van der Waals surface area (Å²) in [4.78, 5) is 33.3. The van der Waals surface area contributed by atoms with Gasteiger partial charge in [-0.1, -0.05) is 36.8 Å². The number of aromatic nitrogens is 2. The van der Waals surface area contributed by atoms with Crippen molar-refractivity contribution < 1.29 is 18.7 Å². The van der Waals surface area contributed by atoms with Gasteiger partial charge in [0.15, 0.2) is 23.1 Å². The van der Waals surface area contributed by atoms with E-state index in [2.05, 4.69) is 4.98 Å². The lowest BCUT2D eigenvalue weighted by atomic mass is 9.62. The van der Waals surface area contributed by atoms with Crippen molar-refractivity contribution in [3.63, 3.8) is 0 Å². The maximum atomic E-state index is 15.8. The Bertz CT molecular complexity index is 1800. The Labute approximate surface area is 231 Å². The van der Waals surface area contributed by atoms with Crippen molar-refractivity contribution in [2.75, 3.05) is 11.6 Å². The Hall–Kier alpha value is -4.05. The van der Waals surface area contributed by atoms with Gasteiger partial charge >= 0.3 is 0 Å². The van der Waals surface area contributed by atoms with E-state index in [0.717, 1.165) is 47.8 Å². The zero-order valence-corrected chi connectivity index (χ0v) is 22.1. The van der Waals surface area contributed by atoms with E-state index < -0.39 is 40.9 Å². The first kappa shape index (κ1) is 23.8. The molecule has 2 atom stereocenters. The Morgan fingerprint density at radius 1 is 1.02 bits per heavy atom. The first-order valence-corrected chi connectivity index (χ1v) is 14.3. The van der Waals surface area contributed by atoms with E-state index in [1.165, 1.54) is 23.6 Å². The summed E-state index contributed by atoms with van der Waals surface area (Å²) in [5, 5.41) is 12.9. The summed E-state index contributed by atoms with van der Waals surface area (Å²) in [6.45, 7) is 0.483. The standard InChI is InChI=1S/C30H24F2N4O3S/c31-19-7-6-18-22(23(19)32)24-28(40-15-33-24)17-5-2-1-4-16(17)25(18)36-21-14-30(9-3-10-30)11-13-34(21)29(39)26-27(38)20(37)8-12-35(26)36/h1-2,4-8,12,15,21,25,38H,3,9-11,13-14H2/t21-,25-/m1/s1. The van der Waals surface area contributed by atoms with E-state index in [1.807, 2.05) is 29.3 Å². The molecule has 0 bridgehead atoms. The monoisotopic (exact) mass is 558 g/mol. The molecule has 202 valence electrons. The first-order chi connectivity index (χ1) is 19.4. The average molecular weight is 559 g/mol. The number of fused-ring (bicyclic) bond motifs is 7. The van der Waals surface area contributed by atoms with Crippen LogP contribution in [0, 0.1) is 17.0 Å². The van der Waals surface area contributed by atoms with Gasteiger partial charge in [-0.05, 0) is 53.9 Å². The Morgan fingerprint density at radius 3 is 2.65 bits per heavy atom. The minimum Gasteiger partial charge on any atom is -0.502 e. The molecule has 7 nitrogen and oxygen atoms in total. The molecule has 4 heterocycles. The number of nitrogens with zero attached hydrogens (tertiary/aromatic N) is 4. The number of piperidine rings is 1. The van der Waals surface area contributed by atoms with Crippen LogP contribution in [0.3, 0.4) is 0 Å². The lowest BCUT2D eigenvalue weighted by Crippen LogP contribution is -2.66. The average Bonchev–Trinajstić information content (AvgIpc) is 3.38. The van der Waals surface area contributed by atoms with Crippen molar-refractivity contribution in [2.24, 2.45) is 5.41 Å². The normalized spacial score (nSPS) is 22.0. The van der Waals surface area contributed by atoms with Crippen LogP contribution in [0.15, 0.2) is 59.0 Å². The first-order valence-electron chi connectivity index (χ1n) is 13.4. The SMILES string of the molecule is O=C1c2c(O)c(=O)ccn2N([C@@H]2c3ccccc3-c3scnc3-c3c2ccc(F)c3F)[C@@H]2CC3(CCC3)CCN12. The van der Waals surface area contributed by atoms with E-state index >= 15 is 4.39 Å². The molecule has 10 heteroatoms. The smallest absolute Gasteiger partial charge is 0.278 e. The molecule has 8 rings (SSSR count). The molecule has 1 spiro atoms. The van der Waals surface area contributed by atoms with Gasteiger partial charge in [0.1, 0.15) is 6.17 Å². The van der Waals surface area contributed by atoms with Crippen LogP contribution in [0.2, 0.25) is 0 Å². The molecule has 1 amide bonds. The summed E-state index contributed by atoms with van der Waals surface area (Å²) in [6, 6.07) is 11.0. The second-order valence-electron chi connectivity index (χ2n) is 11.2. The maximum Gasteiger partial charge on any atom is 0.278 e. The van der Waals surface area contributed by atoms with Gasteiger partial charge in [0.05, 0.1) is 22.1 Å². The largest absolute Gasteiger partial charge is 0.502 e. The Kier molecular flexibility index (Phi) is 4.90. The highest BCUT2D eigenvalue weighted by atomic mass is 32.1. The van der Waals surface area contributed by atoms with Crippen LogP contribution in [-0.2, 0) is 0 Å². The third-order valence-corrected chi connectivity index (χ3v) is 10.2. The van der Waals surface area contributed by atoms with Crippen LogP contribution < -0.4 is 10.4 Å². The van der Waals surface area contributed by atoms with E-state index in [0.29, 0.717) is 24.2 Å². The molecule has 40 heavy (non-hydrogen) atoms. The van der Waals surface area contributed by atoms with Crippen LogP contribution in [-0.4, -0.2) is 38.3 Å². The van der Waals surface area contributed by atoms with Gasteiger partial charge in [-0.3, -0.25) is 19.3 Å². The highest BCUT2D eigenvalue weighted by Crippen LogP contribution is 2.55. The maximum absolute atomic E-state index is 15.8. The molecule has 2 aromatic carbocycles. The van der Waals surface area contributed by atoms with Crippen LogP contribution in [0.1, 0.15) is 59.8 Å². The summed E-state index contributed by atoms with van der Waals surface area (Å²) >= 11 is 1.36. The highest BCUT2D eigenvalue weighted by Gasteiger charge is 2.52. The zero-order valence-electron chi connectivity index (χ0n) is 21.3. The Balaban J connectivity index is 1.46. The second kappa shape index (κ2) is 8.23. The lowest BCUT2D eigenvalue weighted by molar-refractivity contribution is -0.0164. The summed E-state index contributed by atoms with van der Waals surface area (Å²) in [7, 11) is 0. The van der Waals surface area contributed by atoms with Crippen molar-refractivity contribution >= 4 is 17.2 Å². The quantitative estimate of drug-likeness (QED) is 0.338. The number of aromatic hydroxyl groups is 1. The highest BCUT2D eigenvalue weighted by molar-refractivity contribution is 7.13. The van der Waals surface area contributed by atoms with Crippen molar-refractivity contribution in [3.8, 4) is 27.4 Å². The number of hydrogen-bond donors (Lipinski definition) is 1. The molecule has 2 aliphatic heterocycles. The van der Waals surface area contributed by atoms with E-state index in [9.17, 15) is 19.1 Å². The molecule has 4 aliphatic rings. The number of amides is 1. The molecular formula is C30H24F2N4O3S. The molecule has 2 aromatic heterocycles. The fourth-order valence-corrected chi connectivity index (χ4v) is 8.08. The zero-order chi connectivity index (χ0) is 27.3. The van der Waals surface area contributed by atoms with Crippen molar-refractivity contribution in [1.82, 2.24) is 14.6 Å². The number of carbonyl (C=O) groups is 1. The summed E-state index contributed by atoms with van der Waals surface area (Å²) in [5.41, 5.74) is 3.60. The van der Waals surface area contributed by atoms with Crippen LogP contribution in [0.5, 0.6) is 5.75 Å². The van der Waals surface area contributed by atoms with Crippen LogP contribution >= 0.6 is 11.3 Å². The molecular weight excluding hydrogens is 534 g/mol. The third-order valence-electron chi connectivity index (χ3n) is 9.33. The second-order valence-corrected chi connectivity index (χ2v) is 12.1. The number of thiazole rings is 1. The van der Waals surface area contributed by atoms with Crippen LogP contribution in [0.25, 0.3) is 21.7 Å². The predicted octanol–water partition coefficient (Wildman–Crippen LogP) is 5.41. The van der Waals surface area contributed by atoms with Gasteiger partial charge < -0.3 is 10.0 Å². The summed E-state index contributed by atoms with van der Waals surface area (Å²) < 4.78 is 32.2. The number of rotatable bonds is 1. The van der Waals surface area contributed by atoms with Crippen LogP contribution in [0.4, 0.5) is 8.78 Å². The number of carbonyl (C=O) groups excluding carboxylic acids is 1. The topological polar surface area (TPSA) is 78.7 Å². The fraction of sp³-hybridized carbons (Fsp3) is 0.300. The fourth-order valence-electron chi connectivity index (χ4n) is 7.24. The number of hydrogen-bond acceptors (Lipinski definition) is 6. The molecule has 0 radical (unpaired) electrons. The van der Waals surface area contributed by atoms with Gasteiger partial charge in [0.25, 0.3) is 5.91 Å². The van der Waals surface area contributed by atoms with E-state index in [1.54, 1.807) is 21.2 Å². The van der Waals surface area contributed by atoms with Crippen molar-refractivity contribution in [2.45, 2.75) is 44.3 Å². The molecule has 1 saturated carbocycles. The van der Waals surface area contributed by atoms with E-state index in [4.69, 9.17) is 0 Å². The number of benzene rings is 2.